The number of rotatable bonds is 2. The molecule has 0 spiro atoms. The van der Waals surface area contributed by atoms with Crippen LogP contribution in [0.2, 0.25) is 0 Å². The first-order chi connectivity index (χ1) is 6.90. The summed E-state index contributed by atoms with van der Waals surface area (Å²) in [5.74, 6) is 2.01. The Hall–Kier alpha value is -1.05. The summed E-state index contributed by atoms with van der Waals surface area (Å²) in [6.45, 7) is 4.65. The Kier molecular flexibility index (Phi) is 3.02. The number of aromatic nitrogens is 1. The van der Waals surface area contributed by atoms with Crippen molar-refractivity contribution in [3.05, 3.63) is 24.4 Å². The average molecular weight is 190 g/mol. The van der Waals surface area contributed by atoms with Gasteiger partial charge in [-0.15, -0.1) is 0 Å². The summed E-state index contributed by atoms with van der Waals surface area (Å²) < 4.78 is 0. The molecule has 0 unspecified atom stereocenters. The zero-order valence-electron chi connectivity index (χ0n) is 8.82. The Labute approximate surface area is 86.0 Å². The molecule has 1 aliphatic heterocycles. The van der Waals surface area contributed by atoms with E-state index < -0.39 is 0 Å². The molecule has 0 N–H and O–H groups in total. The van der Waals surface area contributed by atoms with Crippen LogP contribution in [0.25, 0.3) is 0 Å². The molecule has 0 amide bonds. The fourth-order valence-corrected chi connectivity index (χ4v) is 2.15. The van der Waals surface area contributed by atoms with E-state index in [1.54, 1.807) is 0 Å². The molecular weight excluding hydrogens is 172 g/mol. The van der Waals surface area contributed by atoms with Crippen LogP contribution in [0.15, 0.2) is 24.4 Å². The van der Waals surface area contributed by atoms with Crippen molar-refractivity contribution in [3.8, 4) is 0 Å². The maximum absolute atomic E-state index is 4.40. The highest BCUT2D eigenvalue weighted by atomic mass is 15.2. The summed E-state index contributed by atoms with van der Waals surface area (Å²) in [7, 11) is 0. The molecule has 0 bridgehead atoms. The second kappa shape index (κ2) is 4.45. The van der Waals surface area contributed by atoms with Crippen molar-refractivity contribution in [1.82, 2.24) is 4.98 Å². The van der Waals surface area contributed by atoms with Crippen LogP contribution in [0.4, 0.5) is 5.82 Å². The van der Waals surface area contributed by atoms with E-state index >= 15 is 0 Å². The third-order valence-electron chi connectivity index (χ3n) is 3.07. The molecule has 1 aromatic heterocycles. The van der Waals surface area contributed by atoms with Crippen molar-refractivity contribution >= 4 is 5.82 Å². The molecule has 1 aromatic rings. The lowest BCUT2D eigenvalue weighted by Crippen LogP contribution is -2.35. The van der Waals surface area contributed by atoms with Gasteiger partial charge in [-0.2, -0.15) is 0 Å². The van der Waals surface area contributed by atoms with Gasteiger partial charge in [-0.05, 0) is 30.9 Å². The molecule has 2 nitrogen and oxygen atoms in total. The Morgan fingerprint density at radius 2 is 2.43 bits per heavy atom. The predicted octanol–water partition coefficient (Wildman–Crippen LogP) is 2.71. The Bertz CT molecular complexity index is 271. The van der Waals surface area contributed by atoms with Crippen LogP contribution in [0.3, 0.4) is 0 Å². The first kappa shape index (κ1) is 9.50. The van der Waals surface area contributed by atoms with Crippen molar-refractivity contribution in [3.63, 3.8) is 0 Å². The molecule has 1 aliphatic rings. The monoisotopic (exact) mass is 190 g/mol. The fourth-order valence-electron chi connectivity index (χ4n) is 2.15. The molecule has 2 heterocycles. The lowest BCUT2D eigenvalue weighted by molar-refractivity contribution is 0.403. The SMILES string of the molecule is CC[C@@H]1CCCN(c2ccccn2)C1. The average Bonchev–Trinajstić information content (AvgIpc) is 2.30. The van der Waals surface area contributed by atoms with E-state index in [-0.39, 0.29) is 0 Å². The molecule has 2 heteroatoms. The van der Waals surface area contributed by atoms with Crippen molar-refractivity contribution in [1.29, 1.82) is 0 Å². The van der Waals surface area contributed by atoms with Gasteiger partial charge in [0.15, 0.2) is 0 Å². The third kappa shape index (κ3) is 2.06. The van der Waals surface area contributed by atoms with Gasteiger partial charge in [0.1, 0.15) is 5.82 Å². The fraction of sp³-hybridized carbons (Fsp3) is 0.583. The first-order valence-electron chi connectivity index (χ1n) is 5.56. The Morgan fingerprint density at radius 3 is 3.14 bits per heavy atom. The van der Waals surface area contributed by atoms with Crippen LogP contribution in [0.1, 0.15) is 26.2 Å². The molecule has 1 atom stereocenters. The van der Waals surface area contributed by atoms with E-state index in [0.717, 1.165) is 11.7 Å². The van der Waals surface area contributed by atoms with Gasteiger partial charge in [0, 0.05) is 19.3 Å². The Morgan fingerprint density at radius 1 is 1.50 bits per heavy atom. The minimum Gasteiger partial charge on any atom is -0.356 e. The summed E-state index contributed by atoms with van der Waals surface area (Å²) in [5, 5.41) is 0. The molecule has 1 saturated heterocycles. The van der Waals surface area contributed by atoms with Gasteiger partial charge in [-0.1, -0.05) is 19.4 Å². The highest BCUT2D eigenvalue weighted by Crippen LogP contribution is 2.22. The number of anilines is 1. The summed E-state index contributed by atoms with van der Waals surface area (Å²) in [6, 6.07) is 6.15. The number of hydrogen-bond donors (Lipinski definition) is 0. The zero-order chi connectivity index (χ0) is 9.80. The molecule has 14 heavy (non-hydrogen) atoms. The van der Waals surface area contributed by atoms with Gasteiger partial charge in [0.2, 0.25) is 0 Å². The summed E-state index contributed by atoms with van der Waals surface area (Å²) in [5.41, 5.74) is 0. The summed E-state index contributed by atoms with van der Waals surface area (Å²) >= 11 is 0. The van der Waals surface area contributed by atoms with Gasteiger partial charge in [0.05, 0.1) is 0 Å². The first-order valence-corrected chi connectivity index (χ1v) is 5.56. The molecule has 0 saturated carbocycles. The van der Waals surface area contributed by atoms with Crippen molar-refractivity contribution in [2.45, 2.75) is 26.2 Å². The van der Waals surface area contributed by atoms with E-state index in [9.17, 15) is 0 Å². The third-order valence-corrected chi connectivity index (χ3v) is 3.07. The van der Waals surface area contributed by atoms with Crippen LogP contribution in [0, 0.1) is 5.92 Å². The van der Waals surface area contributed by atoms with E-state index in [1.165, 1.54) is 32.4 Å². The molecule has 2 rings (SSSR count). The van der Waals surface area contributed by atoms with Gasteiger partial charge < -0.3 is 4.90 Å². The molecule has 76 valence electrons. The Balaban J connectivity index is 2.04. The smallest absolute Gasteiger partial charge is 0.128 e. The number of nitrogens with zero attached hydrogens (tertiary/aromatic N) is 2. The molecule has 0 radical (unpaired) electrons. The highest BCUT2D eigenvalue weighted by molar-refractivity contribution is 5.38. The van der Waals surface area contributed by atoms with Crippen molar-refractivity contribution in [2.24, 2.45) is 5.92 Å². The maximum Gasteiger partial charge on any atom is 0.128 e. The van der Waals surface area contributed by atoms with Gasteiger partial charge in [-0.25, -0.2) is 4.98 Å². The molecule has 0 aromatic carbocycles. The van der Waals surface area contributed by atoms with Crippen LogP contribution in [0.5, 0.6) is 0 Å². The van der Waals surface area contributed by atoms with Crippen LogP contribution < -0.4 is 4.90 Å². The van der Waals surface area contributed by atoms with Crippen molar-refractivity contribution in [2.75, 3.05) is 18.0 Å². The largest absolute Gasteiger partial charge is 0.356 e. The minimum atomic E-state index is 0.866. The number of pyridine rings is 1. The van der Waals surface area contributed by atoms with Gasteiger partial charge in [0.25, 0.3) is 0 Å². The zero-order valence-corrected chi connectivity index (χ0v) is 8.82. The second-order valence-corrected chi connectivity index (χ2v) is 4.05. The van der Waals surface area contributed by atoms with E-state index in [0.29, 0.717) is 0 Å². The standard InChI is InChI=1S/C12H18N2/c1-2-11-6-5-9-14(10-11)12-7-3-4-8-13-12/h3-4,7-8,11H,2,5-6,9-10H2,1H3/t11-/m1/s1. The number of hydrogen-bond acceptors (Lipinski definition) is 2. The van der Waals surface area contributed by atoms with Crippen molar-refractivity contribution < 1.29 is 0 Å². The lowest BCUT2D eigenvalue weighted by Gasteiger charge is -2.33. The summed E-state index contributed by atoms with van der Waals surface area (Å²) in [4.78, 5) is 6.81. The quantitative estimate of drug-likeness (QED) is 0.712. The highest BCUT2D eigenvalue weighted by Gasteiger charge is 2.18. The van der Waals surface area contributed by atoms with Crippen LogP contribution >= 0.6 is 0 Å². The minimum absolute atomic E-state index is 0.866. The predicted molar refractivity (Wildman–Crippen MR) is 59.5 cm³/mol. The van der Waals surface area contributed by atoms with Gasteiger partial charge >= 0.3 is 0 Å². The van der Waals surface area contributed by atoms with E-state index in [1.807, 2.05) is 12.3 Å². The van der Waals surface area contributed by atoms with Gasteiger partial charge in [-0.3, -0.25) is 0 Å². The van der Waals surface area contributed by atoms with E-state index in [2.05, 4.69) is 28.9 Å². The van der Waals surface area contributed by atoms with Crippen LogP contribution in [-0.2, 0) is 0 Å². The second-order valence-electron chi connectivity index (χ2n) is 4.05. The topological polar surface area (TPSA) is 16.1 Å². The number of piperidine rings is 1. The molecule has 1 fully saturated rings. The lowest BCUT2D eigenvalue weighted by atomic mass is 9.96. The van der Waals surface area contributed by atoms with E-state index in [4.69, 9.17) is 0 Å². The van der Waals surface area contributed by atoms with Crippen LogP contribution in [-0.4, -0.2) is 18.1 Å². The molecular formula is C12H18N2. The maximum atomic E-state index is 4.40. The normalized spacial score (nSPS) is 22.4. The molecule has 0 aliphatic carbocycles. The summed E-state index contributed by atoms with van der Waals surface area (Å²) in [6.07, 6.45) is 5.88.